The van der Waals surface area contributed by atoms with Crippen molar-refractivity contribution in [3.05, 3.63) is 96.6 Å². The molecule has 0 aliphatic rings. The Morgan fingerprint density at radius 1 is 0.750 bits per heavy atom. The van der Waals surface area contributed by atoms with E-state index in [9.17, 15) is 15.0 Å². The van der Waals surface area contributed by atoms with Crippen molar-refractivity contribution in [2.75, 3.05) is 6.16 Å². The Hall–Kier alpha value is -2.52. The van der Waals surface area contributed by atoms with E-state index >= 15 is 0 Å². The molecule has 0 saturated heterocycles. The minimum absolute atomic E-state index is 0.280. The zero-order valence-corrected chi connectivity index (χ0v) is 20.0. The van der Waals surface area contributed by atoms with Crippen LogP contribution in [0.15, 0.2) is 91.0 Å². The van der Waals surface area contributed by atoms with Crippen molar-refractivity contribution in [2.45, 2.75) is 44.8 Å². The first kappa shape index (κ1) is 24.1. The summed E-state index contributed by atoms with van der Waals surface area (Å²) in [4.78, 5) is 13.3. The topological polar surface area (TPSA) is 66.8 Å². The number of hydrogen-bond donors (Lipinski definition) is 2. The van der Waals surface area contributed by atoms with Crippen LogP contribution >= 0.6 is 7.49 Å². The van der Waals surface area contributed by atoms with Gasteiger partial charge in [0, 0.05) is 0 Å². The maximum atomic E-state index is 13.3. The zero-order chi connectivity index (χ0) is 23.2. The minimum atomic E-state index is -3.21. The standard InChI is InChI=1S/C27H33O4P/c1-26(2,29)19-20-27(3,30)21-32(23-15-9-5-10-16-23,24-17-11-6-12-18-24)31-25(28)22-13-7-4-8-14-22/h4-18,29-30,32H,19-21H2,1-3H3. The summed E-state index contributed by atoms with van der Waals surface area (Å²) in [6.07, 6.45) is 1.09. The van der Waals surface area contributed by atoms with Gasteiger partial charge in [-0.2, -0.15) is 0 Å². The van der Waals surface area contributed by atoms with Crippen molar-refractivity contribution in [1.29, 1.82) is 0 Å². The average molecular weight is 453 g/mol. The normalized spacial score (nSPS) is 14.4. The summed E-state index contributed by atoms with van der Waals surface area (Å²) in [5.74, 6) is -0.400. The van der Waals surface area contributed by atoms with Crippen molar-refractivity contribution >= 4 is 24.1 Å². The van der Waals surface area contributed by atoms with Gasteiger partial charge in [0.25, 0.3) is 0 Å². The van der Waals surface area contributed by atoms with E-state index in [1.807, 2.05) is 78.9 Å². The third kappa shape index (κ3) is 6.26. The molecule has 0 bridgehead atoms. The van der Waals surface area contributed by atoms with Gasteiger partial charge >= 0.3 is 191 Å². The van der Waals surface area contributed by atoms with Gasteiger partial charge in [0.15, 0.2) is 0 Å². The molecule has 3 aromatic rings. The summed E-state index contributed by atoms with van der Waals surface area (Å²) < 4.78 is 6.44. The number of benzene rings is 3. The van der Waals surface area contributed by atoms with E-state index in [1.54, 1.807) is 32.9 Å². The van der Waals surface area contributed by atoms with E-state index in [0.717, 1.165) is 10.6 Å². The summed E-state index contributed by atoms with van der Waals surface area (Å²) in [5, 5.41) is 23.5. The molecule has 1 unspecified atom stereocenters. The van der Waals surface area contributed by atoms with Crippen LogP contribution in [-0.4, -0.2) is 33.5 Å². The Labute approximate surface area is 191 Å². The monoisotopic (exact) mass is 452 g/mol. The third-order valence-electron chi connectivity index (χ3n) is 5.66. The van der Waals surface area contributed by atoms with Crippen LogP contribution in [0.1, 0.15) is 44.0 Å². The third-order valence-corrected chi connectivity index (χ3v) is 9.99. The van der Waals surface area contributed by atoms with Gasteiger partial charge in [-0.05, 0) is 0 Å². The molecule has 0 aromatic heterocycles. The molecule has 0 saturated carbocycles. The van der Waals surface area contributed by atoms with E-state index in [-0.39, 0.29) is 6.16 Å². The van der Waals surface area contributed by atoms with Crippen LogP contribution in [0.2, 0.25) is 0 Å². The van der Waals surface area contributed by atoms with Crippen LogP contribution < -0.4 is 10.6 Å². The summed E-state index contributed by atoms with van der Waals surface area (Å²) >= 11 is 0. The van der Waals surface area contributed by atoms with Crippen LogP contribution in [0, 0.1) is 0 Å². The molecule has 0 aliphatic heterocycles. The van der Waals surface area contributed by atoms with Crippen molar-refractivity contribution < 1.29 is 19.5 Å². The van der Waals surface area contributed by atoms with Crippen LogP contribution in [0.25, 0.3) is 0 Å². The number of carbonyl (C=O) groups is 1. The number of rotatable bonds is 9. The molecule has 0 amide bonds. The fourth-order valence-corrected chi connectivity index (χ4v) is 8.13. The van der Waals surface area contributed by atoms with Gasteiger partial charge in [0.2, 0.25) is 0 Å². The summed E-state index contributed by atoms with van der Waals surface area (Å²) in [7, 11) is -3.21. The quantitative estimate of drug-likeness (QED) is 0.471. The van der Waals surface area contributed by atoms with Gasteiger partial charge in [-0.1, -0.05) is 0 Å². The molecular formula is C27H33O4P. The second kappa shape index (κ2) is 9.95. The van der Waals surface area contributed by atoms with E-state index in [4.69, 9.17) is 4.52 Å². The summed E-state index contributed by atoms with van der Waals surface area (Å²) in [6, 6.07) is 28.5. The number of hydrogen-bond acceptors (Lipinski definition) is 4. The van der Waals surface area contributed by atoms with Gasteiger partial charge in [0.05, 0.1) is 0 Å². The Balaban J connectivity index is 2.10. The SMILES string of the molecule is CC(C)(O)CCC(C)(O)C[PH](OC(=O)c1ccccc1)(c1ccccc1)c1ccccc1. The molecule has 0 heterocycles. The van der Waals surface area contributed by atoms with Crippen LogP contribution in [0.3, 0.4) is 0 Å². The van der Waals surface area contributed by atoms with Gasteiger partial charge in [-0.25, -0.2) is 0 Å². The van der Waals surface area contributed by atoms with E-state index in [0.29, 0.717) is 18.4 Å². The molecular weight excluding hydrogens is 419 g/mol. The second-order valence-corrected chi connectivity index (χ2v) is 12.7. The molecule has 3 aromatic carbocycles. The average Bonchev–Trinajstić information content (AvgIpc) is 2.78. The van der Waals surface area contributed by atoms with Crippen molar-refractivity contribution in [2.24, 2.45) is 0 Å². The van der Waals surface area contributed by atoms with Gasteiger partial charge in [-0.3, -0.25) is 0 Å². The van der Waals surface area contributed by atoms with Crippen LogP contribution in [-0.2, 0) is 4.52 Å². The summed E-state index contributed by atoms with van der Waals surface area (Å²) in [6.45, 7) is 5.23. The van der Waals surface area contributed by atoms with E-state index in [1.165, 1.54) is 0 Å². The Kier molecular flexibility index (Phi) is 7.51. The van der Waals surface area contributed by atoms with Crippen molar-refractivity contribution in [3.8, 4) is 0 Å². The number of aliphatic hydroxyl groups is 2. The van der Waals surface area contributed by atoms with E-state index < -0.39 is 24.7 Å². The summed E-state index contributed by atoms with van der Waals surface area (Å²) in [5.41, 5.74) is -1.56. The molecule has 0 fully saturated rings. The fourth-order valence-electron chi connectivity index (χ4n) is 3.93. The maximum absolute atomic E-state index is 13.3. The molecule has 5 heteroatoms. The predicted molar refractivity (Wildman–Crippen MR) is 133 cm³/mol. The predicted octanol–water partition coefficient (Wildman–Crippen LogP) is 4.46. The second-order valence-electron chi connectivity index (χ2n) is 9.30. The first-order valence-electron chi connectivity index (χ1n) is 11.0. The molecule has 2 N–H and O–H groups in total. The van der Waals surface area contributed by atoms with Gasteiger partial charge < -0.3 is 0 Å². The van der Waals surface area contributed by atoms with E-state index in [2.05, 4.69) is 0 Å². The van der Waals surface area contributed by atoms with Crippen LogP contribution in [0.5, 0.6) is 0 Å². The molecule has 32 heavy (non-hydrogen) atoms. The molecule has 170 valence electrons. The molecule has 0 spiro atoms. The molecule has 0 aliphatic carbocycles. The Bertz CT molecular complexity index is 957. The fraction of sp³-hybridized carbons (Fsp3) is 0.296. The van der Waals surface area contributed by atoms with Crippen LogP contribution in [0.4, 0.5) is 0 Å². The van der Waals surface area contributed by atoms with Crippen molar-refractivity contribution in [3.63, 3.8) is 0 Å². The molecule has 4 nitrogen and oxygen atoms in total. The molecule has 3 rings (SSSR count). The molecule has 0 radical (unpaired) electrons. The Morgan fingerprint density at radius 2 is 1.19 bits per heavy atom. The van der Waals surface area contributed by atoms with Crippen molar-refractivity contribution in [1.82, 2.24) is 0 Å². The molecule has 1 atom stereocenters. The first-order valence-corrected chi connectivity index (χ1v) is 13.1. The first-order chi connectivity index (χ1) is 15.1. The zero-order valence-electron chi connectivity index (χ0n) is 19.0. The Morgan fingerprint density at radius 3 is 1.62 bits per heavy atom. The van der Waals surface area contributed by atoms with Gasteiger partial charge in [0.1, 0.15) is 0 Å². The number of carbonyl (C=O) groups excluding carboxylic acids is 1. The van der Waals surface area contributed by atoms with Gasteiger partial charge in [-0.15, -0.1) is 0 Å².